The zero-order valence-corrected chi connectivity index (χ0v) is 18.6. The molecule has 1 aliphatic heterocycles. The Balaban J connectivity index is 1.60. The molecule has 1 N–H and O–H groups in total. The molecule has 1 aliphatic rings. The van der Waals surface area contributed by atoms with Crippen LogP contribution >= 0.6 is 0 Å². The first-order valence-electron chi connectivity index (χ1n) is 10.6. The minimum Gasteiger partial charge on any atom is -0.493 e. The van der Waals surface area contributed by atoms with E-state index in [1.807, 2.05) is 30.3 Å². The van der Waals surface area contributed by atoms with Crippen LogP contribution in [0.5, 0.6) is 17.2 Å². The van der Waals surface area contributed by atoms with E-state index in [0.29, 0.717) is 36.6 Å². The van der Waals surface area contributed by atoms with Crippen molar-refractivity contribution in [3.63, 3.8) is 0 Å². The van der Waals surface area contributed by atoms with Gasteiger partial charge in [-0.2, -0.15) is 0 Å². The van der Waals surface area contributed by atoms with Crippen LogP contribution in [0.15, 0.2) is 42.5 Å². The molecule has 31 heavy (non-hydrogen) atoms. The van der Waals surface area contributed by atoms with Gasteiger partial charge in [0.1, 0.15) is 0 Å². The second kappa shape index (κ2) is 11.6. The van der Waals surface area contributed by atoms with Gasteiger partial charge in [-0.25, -0.2) is 0 Å². The maximum absolute atomic E-state index is 12.6. The Bertz CT molecular complexity index is 812. The Hall–Kier alpha value is -2.77. The summed E-state index contributed by atoms with van der Waals surface area (Å²) in [5.41, 5.74) is 2.16. The number of hydrogen-bond donors (Lipinski definition) is 1. The number of carbonyl (C=O) groups is 1. The summed E-state index contributed by atoms with van der Waals surface area (Å²) < 4.78 is 21.7. The largest absolute Gasteiger partial charge is 0.493 e. The topological polar surface area (TPSA) is 69.3 Å². The van der Waals surface area contributed by atoms with Crippen LogP contribution in [0.3, 0.4) is 0 Å². The number of morpholine rings is 1. The average Bonchev–Trinajstić information content (AvgIpc) is 2.83. The van der Waals surface area contributed by atoms with Crippen LogP contribution in [-0.4, -0.2) is 65.0 Å². The van der Waals surface area contributed by atoms with Crippen molar-refractivity contribution < 1.29 is 23.7 Å². The highest BCUT2D eigenvalue weighted by molar-refractivity contribution is 5.76. The molecule has 168 valence electrons. The molecule has 3 rings (SSSR count). The molecular formula is C24H32N2O5. The normalized spacial score (nSPS) is 15.2. The predicted molar refractivity (Wildman–Crippen MR) is 119 cm³/mol. The smallest absolute Gasteiger partial charge is 0.220 e. The molecule has 1 amide bonds. The zero-order valence-electron chi connectivity index (χ0n) is 18.6. The minimum absolute atomic E-state index is 0.0166. The number of ether oxygens (including phenoxy) is 4. The van der Waals surface area contributed by atoms with Gasteiger partial charge in [-0.15, -0.1) is 0 Å². The average molecular weight is 429 g/mol. The van der Waals surface area contributed by atoms with E-state index in [-0.39, 0.29) is 11.9 Å². The van der Waals surface area contributed by atoms with Crippen LogP contribution < -0.4 is 19.5 Å². The fraction of sp³-hybridized carbons (Fsp3) is 0.458. The summed E-state index contributed by atoms with van der Waals surface area (Å²) in [4.78, 5) is 15.0. The van der Waals surface area contributed by atoms with Crippen LogP contribution in [0.4, 0.5) is 0 Å². The van der Waals surface area contributed by atoms with Crippen LogP contribution in [0.1, 0.15) is 23.6 Å². The van der Waals surface area contributed by atoms with Gasteiger partial charge in [0.2, 0.25) is 11.7 Å². The first kappa shape index (κ1) is 22.9. The van der Waals surface area contributed by atoms with Gasteiger partial charge in [0.15, 0.2) is 11.5 Å². The predicted octanol–water partition coefficient (Wildman–Crippen LogP) is 2.83. The minimum atomic E-state index is 0.0166. The number of carbonyl (C=O) groups excluding carboxylic acids is 1. The van der Waals surface area contributed by atoms with E-state index >= 15 is 0 Å². The molecule has 7 nitrogen and oxygen atoms in total. The van der Waals surface area contributed by atoms with Crippen molar-refractivity contribution >= 4 is 5.91 Å². The molecule has 2 aromatic rings. The van der Waals surface area contributed by atoms with E-state index in [1.165, 1.54) is 5.56 Å². The lowest BCUT2D eigenvalue weighted by atomic mass is 10.0. The number of amides is 1. The highest BCUT2D eigenvalue weighted by Crippen LogP contribution is 2.38. The third-order valence-electron chi connectivity index (χ3n) is 5.53. The number of benzene rings is 2. The second-order valence-electron chi connectivity index (χ2n) is 7.41. The van der Waals surface area contributed by atoms with Gasteiger partial charge >= 0.3 is 0 Å². The lowest BCUT2D eigenvalue weighted by molar-refractivity contribution is -0.121. The van der Waals surface area contributed by atoms with Gasteiger partial charge in [0.25, 0.3) is 0 Å². The lowest BCUT2D eigenvalue weighted by Crippen LogP contribution is -2.43. The molecule has 1 fully saturated rings. The Labute approximate surface area is 184 Å². The molecule has 0 bridgehead atoms. The maximum atomic E-state index is 12.6. The standard InChI is InChI=1S/C24H32N2O5/c1-28-21-15-18(16-22(29-2)24(21)30-3)9-10-23(27)25-17-20(19-7-5-4-6-8-19)26-11-13-31-14-12-26/h4-8,15-16,20H,9-14,17H2,1-3H3,(H,25,27). The summed E-state index contributed by atoms with van der Waals surface area (Å²) in [5.74, 6) is 1.75. The van der Waals surface area contributed by atoms with Crippen molar-refractivity contribution in [3.8, 4) is 17.2 Å². The van der Waals surface area contributed by atoms with Crippen LogP contribution in [-0.2, 0) is 16.0 Å². The van der Waals surface area contributed by atoms with Gasteiger partial charge < -0.3 is 24.3 Å². The molecule has 1 saturated heterocycles. The van der Waals surface area contributed by atoms with Crippen molar-refractivity contribution in [1.29, 1.82) is 0 Å². The first-order chi connectivity index (χ1) is 15.2. The van der Waals surface area contributed by atoms with Crippen LogP contribution in [0.25, 0.3) is 0 Å². The monoisotopic (exact) mass is 428 g/mol. The highest BCUT2D eigenvalue weighted by atomic mass is 16.5. The third kappa shape index (κ3) is 6.12. The lowest BCUT2D eigenvalue weighted by Gasteiger charge is -2.35. The van der Waals surface area contributed by atoms with Gasteiger partial charge in [0.05, 0.1) is 40.6 Å². The summed E-state index contributed by atoms with van der Waals surface area (Å²) in [7, 11) is 4.75. The summed E-state index contributed by atoms with van der Waals surface area (Å²) in [6.07, 6.45) is 0.958. The maximum Gasteiger partial charge on any atom is 0.220 e. The van der Waals surface area contributed by atoms with E-state index < -0.39 is 0 Å². The van der Waals surface area contributed by atoms with Crippen molar-refractivity contribution in [2.45, 2.75) is 18.9 Å². The Morgan fingerprint density at radius 3 is 2.26 bits per heavy atom. The number of nitrogens with one attached hydrogen (secondary N) is 1. The molecule has 1 unspecified atom stereocenters. The van der Waals surface area contributed by atoms with Crippen molar-refractivity contribution in [2.75, 3.05) is 54.2 Å². The van der Waals surface area contributed by atoms with E-state index in [1.54, 1.807) is 21.3 Å². The van der Waals surface area contributed by atoms with Gasteiger partial charge in [-0.3, -0.25) is 9.69 Å². The van der Waals surface area contributed by atoms with E-state index in [0.717, 1.165) is 31.9 Å². The van der Waals surface area contributed by atoms with E-state index in [4.69, 9.17) is 18.9 Å². The second-order valence-corrected chi connectivity index (χ2v) is 7.41. The molecule has 0 spiro atoms. The quantitative estimate of drug-likeness (QED) is 0.628. The van der Waals surface area contributed by atoms with Crippen LogP contribution in [0.2, 0.25) is 0 Å². The van der Waals surface area contributed by atoms with Crippen molar-refractivity contribution in [3.05, 3.63) is 53.6 Å². The number of methoxy groups -OCH3 is 3. The van der Waals surface area contributed by atoms with Crippen LogP contribution in [0, 0.1) is 0 Å². The molecule has 0 radical (unpaired) electrons. The van der Waals surface area contributed by atoms with Gasteiger partial charge in [-0.05, 0) is 29.7 Å². The molecule has 0 saturated carbocycles. The number of nitrogens with zero attached hydrogens (tertiary/aromatic N) is 1. The van der Waals surface area contributed by atoms with E-state index in [2.05, 4.69) is 22.3 Å². The molecule has 1 heterocycles. The fourth-order valence-electron chi connectivity index (χ4n) is 3.86. The zero-order chi connectivity index (χ0) is 22.1. The number of hydrogen-bond acceptors (Lipinski definition) is 6. The molecule has 7 heteroatoms. The first-order valence-corrected chi connectivity index (χ1v) is 10.6. The summed E-state index contributed by atoms with van der Waals surface area (Å²) >= 11 is 0. The van der Waals surface area contributed by atoms with Crippen molar-refractivity contribution in [1.82, 2.24) is 10.2 Å². The third-order valence-corrected chi connectivity index (χ3v) is 5.53. The van der Waals surface area contributed by atoms with Crippen molar-refractivity contribution in [2.24, 2.45) is 0 Å². The SMILES string of the molecule is COc1cc(CCC(=O)NCC(c2ccccc2)N2CCOCC2)cc(OC)c1OC. The number of aryl methyl sites for hydroxylation is 1. The number of rotatable bonds is 10. The highest BCUT2D eigenvalue weighted by Gasteiger charge is 2.23. The Morgan fingerprint density at radius 2 is 1.68 bits per heavy atom. The summed E-state index contributed by atoms with van der Waals surface area (Å²) in [5, 5.41) is 3.12. The van der Waals surface area contributed by atoms with E-state index in [9.17, 15) is 4.79 Å². The molecule has 0 aliphatic carbocycles. The Morgan fingerprint density at radius 1 is 1.03 bits per heavy atom. The summed E-state index contributed by atoms with van der Waals surface area (Å²) in [6.45, 7) is 3.73. The fourth-order valence-corrected chi connectivity index (χ4v) is 3.86. The molecule has 2 aromatic carbocycles. The van der Waals surface area contributed by atoms with Gasteiger partial charge in [-0.1, -0.05) is 30.3 Å². The van der Waals surface area contributed by atoms with Gasteiger partial charge in [0, 0.05) is 26.1 Å². The summed E-state index contributed by atoms with van der Waals surface area (Å²) in [6, 6.07) is 14.2. The molecule has 1 atom stereocenters. The molecular weight excluding hydrogens is 396 g/mol. The molecule has 0 aromatic heterocycles. The Kier molecular flexibility index (Phi) is 8.55.